The standard InChI is InChI=1S/C23H25N3O2/c1-16-8-9-19(12-17(16)2)23(27)24-13-21-22-20(10-11-28-21)15-26(25-22)14-18-6-4-3-5-7-18/h3-9,12,15,21H,10-11,13-14H2,1-2H3,(H,24,27)/t21-/m0/s1. The first-order valence-corrected chi connectivity index (χ1v) is 9.67. The summed E-state index contributed by atoms with van der Waals surface area (Å²) in [5, 5.41) is 7.75. The second-order valence-corrected chi connectivity index (χ2v) is 7.34. The summed E-state index contributed by atoms with van der Waals surface area (Å²) in [5.74, 6) is -0.0810. The van der Waals surface area contributed by atoms with Crippen molar-refractivity contribution in [3.63, 3.8) is 0 Å². The van der Waals surface area contributed by atoms with E-state index in [1.807, 2.05) is 54.9 Å². The molecule has 144 valence electrons. The van der Waals surface area contributed by atoms with Crippen molar-refractivity contribution in [1.29, 1.82) is 0 Å². The number of fused-ring (bicyclic) bond motifs is 1. The molecule has 1 aliphatic rings. The molecule has 1 aliphatic heterocycles. The Morgan fingerprint density at radius 2 is 2.00 bits per heavy atom. The normalized spacial score (nSPS) is 15.9. The largest absolute Gasteiger partial charge is 0.370 e. The Morgan fingerprint density at radius 3 is 2.79 bits per heavy atom. The molecule has 0 saturated carbocycles. The lowest BCUT2D eigenvalue weighted by Crippen LogP contribution is -2.32. The van der Waals surface area contributed by atoms with Crippen LogP contribution in [0.4, 0.5) is 0 Å². The van der Waals surface area contributed by atoms with E-state index in [1.165, 1.54) is 16.7 Å². The van der Waals surface area contributed by atoms with Crippen molar-refractivity contribution in [3.05, 3.63) is 88.2 Å². The third-order valence-corrected chi connectivity index (χ3v) is 5.27. The van der Waals surface area contributed by atoms with Crippen LogP contribution in [-0.4, -0.2) is 28.8 Å². The molecule has 2 aromatic carbocycles. The first-order valence-electron chi connectivity index (χ1n) is 9.67. The number of carbonyl (C=O) groups excluding carboxylic acids is 1. The fourth-order valence-corrected chi connectivity index (χ4v) is 3.51. The van der Waals surface area contributed by atoms with E-state index in [4.69, 9.17) is 9.84 Å². The average molecular weight is 375 g/mol. The summed E-state index contributed by atoms with van der Waals surface area (Å²) in [6.45, 7) is 5.85. The molecule has 2 heterocycles. The molecule has 3 aromatic rings. The molecule has 0 saturated heterocycles. The van der Waals surface area contributed by atoms with Crippen LogP contribution in [0.15, 0.2) is 54.7 Å². The van der Waals surface area contributed by atoms with Crippen molar-refractivity contribution in [2.75, 3.05) is 13.2 Å². The van der Waals surface area contributed by atoms with Gasteiger partial charge in [-0.2, -0.15) is 5.10 Å². The zero-order valence-corrected chi connectivity index (χ0v) is 16.3. The van der Waals surface area contributed by atoms with Gasteiger partial charge in [-0.1, -0.05) is 36.4 Å². The molecule has 0 radical (unpaired) electrons. The SMILES string of the molecule is Cc1ccc(C(=O)NC[C@@H]2OCCc3cn(Cc4ccccc4)nc32)cc1C. The molecule has 0 fully saturated rings. The van der Waals surface area contributed by atoms with Gasteiger partial charge in [0.25, 0.3) is 5.91 Å². The summed E-state index contributed by atoms with van der Waals surface area (Å²) >= 11 is 0. The lowest BCUT2D eigenvalue weighted by atomic mass is 10.0. The van der Waals surface area contributed by atoms with Gasteiger partial charge in [0.1, 0.15) is 6.10 Å². The molecule has 0 unspecified atom stereocenters. The third-order valence-electron chi connectivity index (χ3n) is 5.27. The maximum Gasteiger partial charge on any atom is 0.251 e. The van der Waals surface area contributed by atoms with Gasteiger partial charge in [-0.3, -0.25) is 9.48 Å². The van der Waals surface area contributed by atoms with E-state index in [-0.39, 0.29) is 12.0 Å². The van der Waals surface area contributed by atoms with Crippen LogP contribution >= 0.6 is 0 Å². The van der Waals surface area contributed by atoms with Gasteiger partial charge in [-0.25, -0.2) is 0 Å². The Labute approximate surface area is 165 Å². The molecule has 0 spiro atoms. The molecule has 4 rings (SSSR count). The highest BCUT2D eigenvalue weighted by atomic mass is 16.5. The molecular weight excluding hydrogens is 350 g/mol. The van der Waals surface area contributed by atoms with Gasteiger partial charge in [-0.05, 0) is 54.7 Å². The van der Waals surface area contributed by atoms with Crippen LogP contribution in [0, 0.1) is 13.8 Å². The van der Waals surface area contributed by atoms with Crippen molar-refractivity contribution < 1.29 is 9.53 Å². The lowest BCUT2D eigenvalue weighted by Gasteiger charge is -2.22. The zero-order valence-electron chi connectivity index (χ0n) is 16.3. The van der Waals surface area contributed by atoms with Gasteiger partial charge in [-0.15, -0.1) is 0 Å². The summed E-state index contributed by atoms with van der Waals surface area (Å²) in [7, 11) is 0. The van der Waals surface area contributed by atoms with Gasteiger partial charge in [0, 0.05) is 18.3 Å². The van der Waals surface area contributed by atoms with Crippen molar-refractivity contribution in [1.82, 2.24) is 15.1 Å². The van der Waals surface area contributed by atoms with E-state index in [0.29, 0.717) is 18.7 Å². The average Bonchev–Trinajstić information content (AvgIpc) is 3.12. The fraction of sp³-hybridized carbons (Fsp3) is 0.304. The van der Waals surface area contributed by atoms with Gasteiger partial charge < -0.3 is 10.1 Å². The van der Waals surface area contributed by atoms with Crippen LogP contribution < -0.4 is 5.32 Å². The van der Waals surface area contributed by atoms with E-state index in [2.05, 4.69) is 23.6 Å². The van der Waals surface area contributed by atoms with Crippen molar-refractivity contribution in [3.8, 4) is 0 Å². The Bertz CT molecular complexity index is 979. The smallest absolute Gasteiger partial charge is 0.251 e. The van der Waals surface area contributed by atoms with Gasteiger partial charge >= 0.3 is 0 Å². The number of aryl methyl sites for hydroxylation is 2. The fourth-order valence-electron chi connectivity index (χ4n) is 3.51. The molecule has 1 N–H and O–H groups in total. The first kappa shape index (κ1) is 18.4. The minimum Gasteiger partial charge on any atom is -0.370 e. The lowest BCUT2D eigenvalue weighted by molar-refractivity contribution is 0.0383. The number of aromatic nitrogens is 2. The van der Waals surface area contributed by atoms with E-state index >= 15 is 0 Å². The van der Waals surface area contributed by atoms with Crippen LogP contribution in [0.5, 0.6) is 0 Å². The quantitative estimate of drug-likeness (QED) is 0.741. The maximum absolute atomic E-state index is 12.5. The topological polar surface area (TPSA) is 56.1 Å². The van der Waals surface area contributed by atoms with Crippen LogP contribution in [0.25, 0.3) is 0 Å². The van der Waals surface area contributed by atoms with E-state index in [9.17, 15) is 4.79 Å². The number of nitrogens with one attached hydrogen (secondary N) is 1. The maximum atomic E-state index is 12.5. The van der Waals surface area contributed by atoms with E-state index in [0.717, 1.165) is 24.2 Å². The highest BCUT2D eigenvalue weighted by molar-refractivity contribution is 5.94. The number of rotatable bonds is 5. The molecule has 5 heteroatoms. The Morgan fingerprint density at radius 1 is 1.18 bits per heavy atom. The molecular formula is C23H25N3O2. The first-order chi connectivity index (χ1) is 13.6. The number of nitrogens with zero attached hydrogens (tertiary/aromatic N) is 2. The van der Waals surface area contributed by atoms with Crippen LogP contribution in [0.1, 0.15) is 44.4 Å². The minimum absolute atomic E-state index is 0.0810. The van der Waals surface area contributed by atoms with Crippen LogP contribution in [0.2, 0.25) is 0 Å². The van der Waals surface area contributed by atoms with Gasteiger partial charge in [0.2, 0.25) is 0 Å². The Balaban J connectivity index is 1.44. The minimum atomic E-state index is -0.212. The number of carbonyl (C=O) groups is 1. The number of amides is 1. The molecule has 0 aliphatic carbocycles. The second kappa shape index (κ2) is 7.98. The Kier molecular flexibility index (Phi) is 5.26. The molecule has 1 atom stereocenters. The number of ether oxygens (including phenoxy) is 1. The van der Waals surface area contributed by atoms with Crippen LogP contribution in [-0.2, 0) is 17.7 Å². The summed E-state index contributed by atoms with van der Waals surface area (Å²) < 4.78 is 7.87. The second-order valence-electron chi connectivity index (χ2n) is 7.34. The summed E-state index contributed by atoms with van der Waals surface area (Å²) in [6.07, 6.45) is 2.74. The number of hydrogen-bond donors (Lipinski definition) is 1. The van der Waals surface area contributed by atoms with Crippen LogP contribution in [0.3, 0.4) is 0 Å². The van der Waals surface area contributed by atoms with Crippen molar-refractivity contribution >= 4 is 5.91 Å². The zero-order chi connectivity index (χ0) is 19.5. The summed E-state index contributed by atoms with van der Waals surface area (Å²) in [5.41, 5.74) is 6.32. The van der Waals surface area contributed by atoms with Gasteiger partial charge in [0.15, 0.2) is 0 Å². The van der Waals surface area contributed by atoms with E-state index < -0.39 is 0 Å². The predicted molar refractivity (Wildman–Crippen MR) is 108 cm³/mol. The molecule has 28 heavy (non-hydrogen) atoms. The van der Waals surface area contributed by atoms with Gasteiger partial charge in [0.05, 0.1) is 18.8 Å². The summed E-state index contributed by atoms with van der Waals surface area (Å²) in [4.78, 5) is 12.5. The summed E-state index contributed by atoms with van der Waals surface area (Å²) in [6, 6.07) is 16.0. The molecule has 5 nitrogen and oxygen atoms in total. The predicted octanol–water partition coefficient (Wildman–Crippen LogP) is 3.59. The van der Waals surface area contributed by atoms with Crippen molar-refractivity contribution in [2.24, 2.45) is 0 Å². The number of hydrogen-bond acceptors (Lipinski definition) is 3. The third kappa shape index (κ3) is 3.99. The van der Waals surface area contributed by atoms with Crippen molar-refractivity contribution in [2.45, 2.75) is 32.9 Å². The molecule has 1 amide bonds. The highest BCUT2D eigenvalue weighted by Crippen LogP contribution is 2.25. The van der Waals surface area contributed by atoms with E-state index in [1.54, 1.807) is 0 Å². The number of benzene rings is 2. The molecule has 0 bridgehead atoms. The Hall–Kier alpha value is -2.92. The monoisotopic (exact) mass is 375 g/mol. The highest BCUT2D eigenvalue weighted by Gasteiger charge is 2.25. The molecule has 1 aromatic heterocycles.